The summed E-state index contributed by atoms with van der Waals surface area (Å²) in [6.07, 6.45) is 0. The van der Waals surface area contributed by atoms with Crippen molar-refractivity contribution in [3.8, 4) is 5.97 Å². The van der Waals surface area contributed by atoms with E-state index in [1.54, 1.807) is 0 Å². The Morgan fingerprint density at radius 2 is 2.11 bits per heavy atom. The van der Waals surface area contributed by atoms with E-state index in [1.807, 2.05) is 42.5 Å². The molecule has 1 aromatic heterocycles. The van der Waals surface area contributed by atoms with Gasteiger partial charge in [-0.2, -0.15) is 5.10 Å². The average Bonchev–Trinajstić information content (AvgIpc) is 2.78. The number of rotatable bonds is 0. The van der Waals surface area contributed by atoms with Gasteiger partial charge in [-0.1, -0.05) is 31.8 Å². The van der Waals surface area contributed by atoms with Crippen LogP contribution in [-0.4, -0.2) is 23.1 Å². The molecule has 5 heteroatoms. The molecule has 2 heterocycles. The van der Waals surface area contributed by atoms with Crippen LogP contribution >= 0.6 is 0 Å². The van der Waals surface area contributed by atoms with E-state index in [9.17, 15) is 0 Å². The second-order valence-electron chi connectivity index (χ2n) is 4.52. The second-order valence-corrected chi connectivity index (χ2v) is 4.52. The van der Waals surface area contributed by atoms with E-state index in [-0.39, 0.29) is 6.71 Å². The highest BCUT2D eigenvalue weighted by Crippen LogP contribution is 2.20. The minimum absolute atomic E-state index is 0.190. The van der Waals surface area contributed by atoms with E-state index >= 15 is 0 Å². The minimum atomic E-state index is 0.190. The first-order chi connectivity index (χ1) is 8.72. The molecule has 2 aromatic rings. The molecule has 0 amide bonds. The standard InChI is InChI=1S/C10H10N2O.C3H6BN/c1-2-4-9-8(3-1)10-7-13-6-5-12(10)11-9;1-4(2)3-5/h1-4H,5-7H2;1-2H3. The van der Waals surface area contributed by atoms with Gasteiger partial charge in [-0.25, -0.2) is 5.26 Å². The zero-order valence-electron chi connectivity index (χ0n) is 10.8. The Morgan fingerprint density at radius 1 is 1.39 bits per heavy atom. The van der Waals surface area contributed by atoms with Gasteiger partial charge in [0, 0.05) is 11.4 Å². The molecule has 0 saturated carbocycles. The molecule has 0 unspecified atom stereocenters. The number of nitriles is 1. The molecule has 1 aromatic carbocycles. The maximum atomic E-state index is 7.89. The van der Waals surface area contributed by atoms with E-state index in [0.717, 1.165) is 18.7 Å². The van der Waals surface area contributed by atoms with Gasteiger partial charge in [-0.3, -0.25) is 4.68 Å². The van der Waals surface area contributed by atoms with Crippen molar-refractivity contribution in [2.24, 2.45) is 0 Å². The van der Waals surface area contributed by atoms with Crippen LogP contribution < -0.4 is 0 Å². The fourth-order valence-electron chi connectivity index (χ4n) is 1.79. The van der Waals surface area contributed by atoms with Crippen molar-refractivity contribution in [1.82, 2.24) is 9.78 Å². The summed E-state index contributed by atoms with van der Waals surface area (Å²) >= 11 is 0. The third-order valence-electron chi connectivity index (χ3n) is 2.70. The molecule has 0 saturated heterocycles. The van der Waals surface area contributed by atoms with Gasteiger partial charge in [0.2, 0.25) is 0 Å². The molecular formula is C13H16BN3O. The Labute approximate surface area is 107 Å². The van der Waals surface area contributed by atoms with E-state index < -0.39 is 0 Å². The van der Waals surface area contributed by atoms with Crippen LogP contribution in [0.1, 0.15) is 5.69 Å². The molecule has 1 aliphatic heterocycles. The molecule has 0 N–H and O–H groups in total. The highest BCUT2D eigenvalue weighted by Gasteiger charge is 2.13. The van der Waals surface area contributed by atoms with Crippen molar-refractivity contribution in [3.63, 3.8) is 0 Å². The van der Waals surface area contributed by atoms with Crippen LogP contribution in [0.25, 0.3) is 10.9 Å². The molecule has 0 atom stereocenters. The lowest BCUT2D eigenvalue weighted by atomic mass is 9.57. The van der Waals surface area contributed by atoms with Crippen molar-refractivity contribution in [2.75, 3.05) is 6.61 Å². The van der Waals surface area contributed by atoms with Crippen molar-refractivity contribution >= 4 is 17.6 Å². The van der Waals surface area contributed by atoms with Crippen molar-refractivity contribution in [3.05, 3.63) is 30.0 Å². The van der Waals surface area contributed by atoms with Crippen LogP contribution in [0.3, 0.4) is 0 Å². The van der Waals surface area contributed by atoms with Gasteiger partial charge in [-0.15, -0.1) is 0 Å². The van der Waals surface area contributed by atoms with Crippen molar-refractivity contribution < 1.29 is 4.74 Å². The predicted molar refractivity (Wildman–Crippen MR) is 72.5 cm³/mol. The van der Waals surface area contributed by atoms with Gasteiger partial charge >= 0.3 is 0 Å². The van der Waals surface area contributed by atoms with Gasteiger partial charge in [-0.05, 0) is 6.07 Å². The quantitative estimate of drug-likeness (QED) is 0.665. The number of benzene rings is 1. The average molecular weight is 241 g/mol. The lowest BCUT2D eigenvalue weighted by molar-refractivity contribution is 0.0812. The molecule has 0 radical (unpaired) electrons. The summed E-state index contributed by atoms with van der Waals surface area (Å²) in [6.45, 7) is 6.26. The Balaban J connectivity index is 0.000000209. The van der Waals surface area contributed by atoms with Gasteiger partial charge < -0.3 is 4.74 Å². The molecule has 3 rings (SSSR count). The normalized spacial score (nSPS) is 13.2. The number of hydrogen-bond donors (Lipinski definition) is 0. The Bertz CT molecular complexity index is 571. The Hall–Kier alpha value is -1.80. The fraction of sp³-hybridized carbons (Fsp3) is 0.385. The number of fused-ring (bicyclic) bond motifs is 3. The van der Waals surface area contributed by atoms with E-state index in [1.165, 1.54) is 11.1 Å². The molecule has 1 aliphatic rings. The van der Waals surface area contributed by atoms with Crippen LogP contribution in [0.15, 0.2) is 24.3 Å². The van der Waals surface area contributed by atoms with Crippen LogP contribution in [0.2, 0.25) is 13.6 Å². The first-order valence-corrected chi connectivity index (χ1v) is 6.14. The van der Waals surface area contributed by atoms with Crippen molar-refractivity contribution in [1.29, 1.82) is 5.26 Å². The molecule has 0 aliphatic carbocycles. The summed E-state index contributed by atoms with van der Waals surface area (Å²) in [4.78, 5) is 0. The second kappa shape index (κ2) is 5.70. The van der Waals surface area contributed by atoms with E-state index in [2.05, 4.69) is 11.2 Å². The van der Waals surface area contributed by atoms with E-state index in [4.69, 9.17) is 10.00 Å². The molecule has 4 nitrogen and oxygen atoms in total. The monoisotopic (exact) mass is 241 g/mol. The first kappa shape index (κ1) is 12.7. The van der Waals surface area contributed by atoms with Gasteiger partial charge in [0.05, 0.1) is 31.0 Å². The highest BCUT2D eigenvalue weighted by atomic mass is 16.5. The summed E-state index contributed by atoms with van der Waals surface area (Å²) in [6, 6.07) is 8.20. The number of nitrogens with zero attached hydrogens (tertiary/aromatic N) is 3. The maximum Gasteiger partial charge on any atom is 0.261 e. The highest BCUT2D eigenvalue weighted by molar-refractivity contribution is 6.64. The van der Waals surface area contributed by atoms with Gasteiger partial charge in [0.1, 0.15) is 0 Å². The SMILES string of the molecule is CB(C)C#N.c1ccc2c3n(nc2c1)CCOC3. The smallest absolute Gasteiger partial charge is 0.261 e. The molecule has 0 spiro atoms. The maximum absolute atomic E-state index is 7.89. The summed E-state index contributed by atoms with van der Waals surface area (Å²) in [5, 5.41) is 13.6. The van der Waals surface area contributed by atoms with E-state index in [0.29, 0.717) is 6.61 Å². The van der Waals surface area contributed by atoms with Crippen LogP contribution in [0, 0.1) is 11.2 Å². The molecule has 18 heavy (non-hydrogen) atoms. The predicted octanol–water partition coefficient (Wildman–Crippen LogP) is 2.37. The Kier molecular flexibility index (Phi) is 4.01. The first-order valence-electron chi connectivity index (χ1n) is 6.14. The van der Waals surface area contributed by atoms with Crippen molar-refractivity contribution in [2.45, 2.75) is 26.8 Å². The molecule has 0 fully saturated rings. The number of ether oxygens (including phenoxy) is 1. The summed E-state index contributed by atoms with van der Waals surface area (Å²) in [5.74, 6) is 2.03. The lowest BCUT2D eigenvalue weighted by Gasteiger charge is -2.13. The zero-order valence-corrected chi connectivity index (χ0v) is 10.8. The zero-order chi connectivity index (χ0) is 13.0. The molecule has 92 valence electrons. The fourth-order valence-corrected chi connectivity index (χ4v) is 1.79. The van der Waals surface area contributed by atoms with Gasteiger partial charge in [0.25, 0.3) is 6.71 Å². The summed E-state index contributed by atoms with van der Waals surface area (Å²) in [7, 11) is 0. The van der Waals surface area contributed by atoms with Crippen LogP contribution in [0.4, 0.5) is 0 Å². The third-order valence-corrected chi connectivity index (χ3v) is 2.70. The summed E-state index contributed by atoms with van der Waals surface area (Å²) in [5.41, 5.74) is 2.28. The topological polar surface area (TPSA) is 50.8 Å². The number of aromatic nitrogens is 2. The number of hydrogen-bond acceptors (Lipinski definition) is 3. The molecular weight excluding hydrogens is 225 g/mol. The minimum Gasteiger partial charge on any atom is -0.373 e. The third kappa shape index (κ3) is 2.71. The van der Waals surface area contributed by atoms with Crippen LogP contribution in [-0.2, 0) is 17.9 Å². The van der Waals surface area contributed by atoms with Gasteiger partial charge in [0.15, 0.2) is 0 Å². The summed E-state index contributed by atoms with van der Waals surface area (Å²) < 4.78 is 7.45. The lowest BCUT2D eigenvalue weighted by Crippen LogP contribution is -2.16. The largest absolute Gasteiger partial charge is 0.373 e. The van der Waals surface area contributed by atoms with Crippen LogP contribution in [0.5, 0.6) is 0 Å². The Morgan fingerprint density at radius 3 is 2.83 bits per heavy atom. The molecule has 0 bridgehead atoms.